The van der Waals surface area contributed by atoms with Gasteiger partial charge in [0, 0.05) is 0 Å². The van der Waals surface area contributed by atoms with Crippen LogP contribution in [-0.2, 0) is 12.8 Å². The predicted molar refractivity (Wildman–Crippen MR) is 63.6 cm³/mol. The van der Waals surface area contributed by atoms with Gasteiger partial charge in [-0.25, -0.2) is 0 Å². The van der Waals surface area contributed by atoms with Crippen molar-refractivity contribution in [2.75, 3.05) is 0 Å². The SMILES string of the molecule is C=CCCCCc1ccccc1CC. The molecule has 0 saturated carbocycles. The third-order valence-electron chi connectivity index (χ3n) is 2.60. The smallest absolute Gasteiger partial charge is 0.0276 e. The van der Waals surface area contributed by atoms with Crippen molar-refractivity contribution in [2.45, 2.75) is 39.0 Å². The lowest BCUT2D eigenvalue weighted by Crippen LogP contribution is -1.92. The summed E-state index contributed by atoms with van der Waals surface area (Å²) >= 11 is 0. The van der Waals surface area contributed by atoms with E-state index in [9.17, 15) is 0 Å². The summed E-state index contributed by atoms with van der Waals surface area (Å²) in [6.45, 7) is 5.96. The van der Waals surface area contributed by atoms with Gasteiger partial charge in [0.2, 0.25) is 0 Å². The zero-order valence-corrected chi connectivity index (χ0v) is 9.13. The van der Waals surface area contributed by atoms with E-state index in [0.29, 0.717) is 0 Å². The Morgan fingerprint density at radius 3 is 2.50 bits per heavy atom. The van der Waals surface area contributed by atoms with Crippen molar-refractivity contribution >= 4 is 0 Å². The van der Waals surface area contributed by atoms with Gasteiger partial charge in [0.15, 0.2) is 0 Å². The molecule has 0 radical (unpaired) electrons. The van der Waals surface area contributed by atoms with Gasteiger partial charge in [-0.15, -0.1) is 6.58 Å². The quantitative estimate of drug-likeness (QED) is 0.465. The lowest BCUT2D eigenvalue weighted by molar-refractivity contribution is 0.743. The average molecular weight is 188 g/mol. The van der Waals surface area contributed by atoms with Crippen LogP contribution in [0.25, 0.3) is 0 Å². The minimum atomic E-state index is 1.15. The first-order valence-corrected chi connectivity index (χ1v) is 5.56. The molecule has 1 rings (SSSR count). The highest BCUT2D eigenvalue weighted by Crippen LogP contribution is 2.13. The Morgan fingerprint density at radius 1 is 1.14 bits per heavy atom. The highest BCUT2D eigenvalue weighted by atomic mass is 14.0. The monoisotopic (exact) mass is 188 g/mol. The van der Waals surface area contributed by atoms with Crippen molar-refractivity contribution in [3.05, 3.63) is 48.0 Å². The van der Waals surface area contributed by atoms with Gasteiger partial charge >= 0.3 is 0 Å². The van der Waals surface area contributed by atoms with E-state index in [4.69, 9.17) is 0 Å². The van der Waals surface area contributed by atoms with E-state index in [2.05, 4.69) is 37.8 Å². The maximum absolute atomic E-state index is 3.74. The summed E-state index contributed by atoms with van der Waals surface area (Å²) in [5.74, 6) is 0. The lowest BCUT2D eigenvalue weighted by Gasteiger charge is -2.06. The summed E-state index contributed by atoms with van der Waals surface area (Å²) in [5.41, 5.74) is 3.03. The van der Waals surface area contributed by atoms with E-state index in [1.165, 1.54) is 30.4 Å². The highest BCUT2D eigenvalue weighted by Gasteiger charge is 1.98. The van der Waals surface area contributed by atoms with Crippen LogP contribution in [0, 0.1) is 0 Å². The van der Waals surface area contributed by atoms with Crippen molar-refractivity contribution in [3.63, 3.8) is 0 Å². The zero-order chi connectivity index (χ0) is 10.2. The van der Waals surface area contributed by atoms with Gasteiger partial charge in [0.1, 0.15) is 0 Å². The van der Waals surface area contributed by atoms with E-state index >= 15 is 0 Å². The first kappa shape index (κ1) is 11.0. The van der Waals surface area contributed by atoms with Crippen LogP contribution in [0.5, 0.6) is 0 Å². The minimum Gasteiger partial charge on any atom is -0.103 e. The summed E-state index contributed by atoms with van der Waals surface area (Å²) < 4.78 is 0. The summed E-state index contributed by atoms with van der Waals surface area (Å²) in [7, 11) is 0. The molecule has 0 atom stereocenters. The van der Waals surface area contributed by atoms with Crippen LogP contribution in [0.2, 0.25) is 0 Å². The van der Waals surface area contributed by atoms with Crippen LogP contribution in [0.3, 0.4) is 0 Å². The number of unbranched alkanes of at least 4 members (excludes halogenated alkanes) is 2. The number of hydrogen-bond acceptors (Lipinski definition) is 0. The van der Waals surface area contributed by atoms with Crippen LogP contribution in [0.1, 0.15) is 37.3 Å². The van der Waals surface area contributed by atoms with Crippen LogP contribution in [0.4, 0.5) is 0 Å². The second kappa shape index (κ2) is 6.42. The molecule has 0 fully saturated rings. The molecular formula is C14H20. The summed E-state index contributed by atoms with van der Waals surface area (Å²) in [5, 5.41) is 0. The molecule has 0 bridgehead atoms. The van der Waals surface area contributed by atoms with Crippen molar-refractivity contribution in [1.29, 1.82) is 0 Å². The van der Waals surface area contributed by atoms with Crippen LogP contribution >= 0.6 is 0 Å². The van der Waals surface area contributed by atoms with Gasteiger partial charge in [-0.1, -0.05) is 37.3 Å². The van der Waals surface area contributed by atoms with Crippen molar-refractivity contribution in [1.82, 2.24) is 0 Å². The predicted octanol–water partition coefficient (Wildman–Crippen LogP) is 4.15. The number of rotatable bonds is 6. The molecule has 0 amide bonds. The maximum Gasteiger partial charge on any atom is -0.0276 e. The largest absolute Gasteiger partial charge is 0.103 e. The fraction of sp³-hybridized carbons (Fsp3) is 0.429. The normalized spacial score (nSPS) is 10.1. The molecule has 0 saturated heterocycles. The number of benzene rings is 1. The van der Waals surface area contributed by atoms with Gasteiger partial charge < -0.3 is 0 Å². The van der Waals surface area contributed by atoms with Crippen molar-refractivity contribution < 1.29 is 0 Å². The number of hydrogen-bond donors (Lipinski definition) is 0. The fourth-order valence-electron chi connectivity index (χ4n) is 1.75. The molecule has 0 heteroatoms. The van der Waals surface area contributed by atoms with Crippen molar-refractivity contribution in [2.24, 2.45) is 0 Å². The molecule has 1 aromatic carbocycles. The van der Waals surface area contributed by atoms with Crippen molar-refractivity contribution in [3.8, 4) is 0 Å². The molecule has 0 aromatic heterocycles. The maximum atomic E-state index is 3.74. The topological polar surface area (TPSA) is 0 Å². The highest BCUT2D eigenvalue weighted by molar-refractivity contribution is 5.26. The molecule has 0 heterocycles. The lowest BCUT2D eigenvalue weighted by atomic mass is 10.00. The van der Waals surface area contributed by atoms with Gasteiger partial charge in [-0.2, -0.15) is 0 Å². The van der Waals surface area contributed by atoms with Gasteiger partial charge in [-0.05, 0) is 43.2 Å². The molecule has 0 unspecified atom stereocenters. The van der Waals surface area contributed by atoms with E-state index in [1.54, 1.807) is 0 Å². The molecule has 0 nitrogen and oxygen atoms in total. The second-order valence-electron chi connectivity index (χ2n) is 3.66. The van der Waals surface area contributed by atoms with E-state index in [0.717, 1.165) is 12.8 Å². The Kier molecular flexibility index (Phi) is 5.06. The third kappa shape index (κ3) is 3.37. The molecule has 0 N–H and O–H groups in total. The zero-order valence-electron chi connectivity index (χ0n) is 9.13. The summed E-state index contributed by atoms with van der Waals surface area (Å²) in [6, 6.07) is 8.77. The Bertz CT molecular complexity index is 273. The fourth-order valence-corrected chi connectivity index (χ4v) is 1.75. The Balaban J connectivity index is 2.44. The minimum absolute atomic E-state index is 1.15. The van der Waals surface area contributed by atoms with Gasteiger partial charge in [0.05, 0.1) is 0 Å². The third-order valence-corrected chi connectivity index (χ3v) is 2.60. The first-order valence-electron chi connectivity index (χ1n) is 5.56. The van der Waals surface area contributed by atoms with Gasteiger partial charge in [-0.3, -0.25) is 0 Å². The van der Waals surface area contributed by atoms with E-state index in [1.807, 2.05) is 6.08 Å². The average Bonchev–Trinajstić information content (AvgIpc) is 2.25. The Labute approximate surface area is 87.7 Å². The standard InChI is InChI=1S/C14H20/c1-3-5-6-7-11-14-12-9-8-10-13(14)4-2/h3,8-10,12H,1,4-7,11H2,2H3. The Hall–Kier alpha value is -1.04. The molecule has 14 heavy (non-hydrogen) atoms. The molecule has 1 aromatic rings. The number of aryl methyl sites for hydroxylation is 2. The summed E-state index contributed by atoms with van der Waals surface area (Å²) in [4.78, 5) is 0. The van der Waals surface area contributed by atoms with E-state index in [-0.39, 0.29) is 0 Å². The Morgan fingerprint density at radius 2 is 1.86 bits per heavy atom. The molecule has 0 aliphatic heterocycles. The molecule has 0 aliphatic carbocycles. The summed E-state index contributed by atoms with van der Waals surface area (Å²) in [6.07, 6.45) is 8.07. The van der Waals surface area contributed by atoms with Crippen LogP contribution in [0.15, 0.2) is 36.9 Å². The van der Waals surface area contributed by atoms with Crippen LogP contribution in [-0.4, -0.2) is 0 Å². The van der Waals surface area contributed by atoms with Gasteiger partial charge in [0.25, 0.3) is 0 Å². The second-order valence-corrected chi connectivity index (χ2v) is 3.66. The molecule has 76 valence electrons. The van der Waals surface area contributed by atoms with Crippen LogP contribution < -0.4 is 0 Å². The number of allylic oxidation sites excluding steroid dienone is 1. The first-order chi connectivity index (χ1) is 6.88. The van der Waals surface area contributed by atoms with E-state index < -0.39 is 0 Å². The molecule has 0 aliphatic rings. The molecule has 0 spiro atoms. The molecular weight excluding hydrogens is 168 g/mol.